The van der Waals surface area contributed by atoms with Crippen LogP contribution in [0.25, 0.3) is 98.4 Å². The third kappa shape index (κ3) is 4.41. The first kappa shape index (κ1) is 20.0. The second kappa shape index (κ2) is 11.7. The number of aryl methyl sites for hydroxylation is 1. The van der Waals surface area contributed by atoms with E-state index >= 15 is 0 Å². The van der Waals surface area contributed by atoms with Crippen molar-refractivity contribution < 1.29 is 16.4 Å². The van der Waals surface area contributed by atoms with Crippen molar-refractivity contribution in [2.24, 2.45) is 0 Å². The average Bonchev–Trinajstić information content (AvgIpc) is 3.32. The lowest BCUT2D eigenvalue weighted by atomic mass is 9.77. The Kier molecular flexibility index (Phi) is 4.47. The van der Waals surface area contributed by atoms with Crippen molar-refractivity contribution >= 4 is 53.9 Å². The van der Waals surface area contributed by atoms with Crippen LogP contribution in [0, 0.1) is 0 Å². The molecule has 11 rings (SSSR count). The minimum Gasteiger partial charge on any atom is -0.0622 e. The maximum atomic E-state index is 10.4. The van der Waals surface area contributed by atoms with Crippen LogP contribution in [0.5, 0.6) is 0 Å². The molecule has 0 fully saturated rings. The van der Waals surface area contributed by atoms with Crippen LogP contribution in [0.4, 0.5) is 0 Å². The Balaban J connectivity index is 1.48. The fourth-order valence-electron chi connectivity index (χ4n) is 8.68. The van der Waals surface area contributed by atoms with Crippen molar-refractivity contribution in [1.82, 2.24) is 0 Å². The number of hydrogen-bond donors (Lipinski definition) is 0. The molecule has 0 N–H and O–H groups in total. The van der Waals surface area contributed by atoms with Crippen LogP contribution in [-0.4, -0.2) is 0 Å². The van der Waals surface area contributed by atoms with E-state index in [-0.39, 0.29) is 44.8 Å². The van der Waals surface area contributed by atoms with Gasteiger partial charge in [0.25, 0.3) is 0 Å². The second-order valence-electron chi connectivity index (χ2n) is 13.7. The zero-order valence-electron chi connectivity index (χ0n) is 40.1. The predicted octanol–water partition coefficient (Wildman–Crippen LogP) is 14.4. The van der Waals surface area contributed by atoms with E-state index in [0.29, 0.717) is 23.1 Å². The lowest BCUT2D eigenvalue weighted by Gasteiger charge is -2.26. The molecular weight excluding hydrogens is 625 g/mol. The number of rotatable bonds is 4. The number of hydrogen-bond acceptors (Lipinski definition) is 0. The number of benzene rings is 10. The SMILES string of the molecule is [2H]c1c([2H])c([2H])c(-c2c([2H])c([2H])c3c(-c4c(-c5ccccc5)ccc5c4CCCC5)c4c([2H])c([2H])c([2H])c([2H])c4c(-c4cc5cccc6ccc7cccc4c7c65)c3c2[2H])c([2H])c1[2H]. The maximum Gasteiger partial charge on any atom is 0.0636 e. The smallest absolute Gasteiger partial charge is 0.0622 e. The van der Waals surface area contributed by atoms with Crippen LogP contribution in [0.15, 0.2) is 170 Å². The van der Waals surface area contributed by atoms with Gasteiger partial charge in [-0.25, -0.2) is 0 Å². The molecule has 0 spiro atoms. The van der Waals surface area contributed by atoms with Crippen molar-refractivity contribution in [2.75, 3.05) is 0 Å². The first-order valence-corrected chi connectivity index (χ1v) is 17.8. The Labute approximate surface area is 320 Å². The largest absolute Gasteiger partial charge is 0.0636 e. The fourth-order valence-corrected chi connectivity index (χ4v) is 8.68. The van der Waals surface area contributed by atoms with Gasteiger partial charge in [0.1, 0.15) is 0 Å². The van der Waals surface area contributed by atoms with E-state index in [1.165, 1.54) is 0 Å². The standard InChI is InChI=1S/C52H36/c1-3-13-33(14-4-1)38-28-30-45-46(31-38)50(47-32-39-20-11-18-36-25-26-37-19-12-24-44(47)49(37)48(36)39)42-22-9-10-23-43(42)52(45)51-40-21-8-7-17-35(40)27-29-41(51)34-15-5-2-6-16-34/h1-6,9-16,18-20,22-32H,7-8,17,21H2/i1D,3D,4D,9D,10D,13D,14D,22D,23D,28D,30D,31D. The van der Waals surface area contributed by atoms with Gasteiger partial charge in [-0.3, -0.25) is 0 Å². The summed E-state index contributed by atoms with van der Waals surface area (Å²) in [4.78, 5) is 0. The molecule has 52 heavy (non-hydrogen) atoms. The van der Waals surface area contributed by atoms with Crippen molar-refractivity contribution in [1.29, 1.82) is 0 Å². The van der Waals surface area contributed by atoms with Gasteiger partial charge in [0.2, 0.25) is 0 Å². The molecule has 0 amide bonds. The quantitative estimate of drug-likeness (QED) is 0.129. The molecule has 0 aromatic heterocycles. The molecule has 244 valence electrons. The Morgan fingerprint density at radius 1 is 0.404 bits per heavy atom. The van der Waals surface area contributed by atoms with Crippen molar-refractivity contribution in [3.05, 3.63) is 181 Å². The molecule has 0 unspecified atom stereocenters. The van der Waals surface area contributed by atoms with Gasteiger partial charge in [-0.05, 0) is 147 Å². The van der Waals surface area contributed by atoms with Gasteiger partial charge >= 0.3 is 0 Å². The van der Waals surface area contributed by atoms with Crippen molar-refractivity contribution in [2.45, 2.75) is 25.7 Å². The molecule has 0 saturated heterocycles. The van der Waals surface area contributed by atoms with Crippen molar-refractivity contribution in [3.8, 4) is 44.5 Å². The van der Waals surface area contributed by atoms with Gasteiger partial charge in [-0.1, -0.05) is 157 Å². The van der Waals surface area contributed by atoms with E-state index < -0.39 is 66.0 Å². The van der Waals surface area contributed by atoms with Crippen LogP contribution in [0.3, 0.4) is 0 Å². The second-order valence-corrected chi connectivity index (χ2v) is 13.7. The number of fused-ring (bicyclic) bond motifs is 3. The van der Waals surface area contributed by atoms with Gasteiger partial charge in [-0.2, -0.15) is 0 Å². The van der Waals surface area contributed by atoms with Crippen LogP contribution in [0.1, 0.15) is 40.4 Å². The van der Waals surface area contributed by atoms with E-state index in [4.69, 9.17) is 6.85 Å². The Morgan fingerprint density at radius 2 is 1.12 bits per heavy atom. The fraction of sp³-hybridized carbons (Fsp3) is 0.0769. The van der Waals surface area contributed by atoms with Crippen molar-refractivity contribution in [3.63, 3.8) is 0 Å². The summed E-state index contributed by atoms with van der Waals surface area (Å²) >= 11 is 0. The van der Waals surface area contributed by atoms with E-state index in [0.717, 1.165) is 73.8 Å². The summed E-state index contributed by atoms with van der Waals surface area (Å²) in [5.74, 6) is 0. The monoisotopic (exact) mass is 672 g/mol. The van der Waals surface area contributed by atoms with Crippen LogP contribution in [-0.2, 0) is 12.8 Å². The molecule has 0 atom stereocenters. The minimum absolute atomic E-state index is 0.0811. The molecule has 0 aliphatic heterocycles. The van der Waals surface area contributed by atoms with E-state index in [1.807, 2.05) is 84.9 Å². The summed E-state index contributed by atoms with van der Waals surface area (Å²) in [5.41, 5.74) is 4.62. The molecule has 10 aromatic rings. The highest BCUT2D eigenvalue weighted by Gasteiger charge is 2.25. The molecular formula is C52H36. The van der Waals surface area contributed by atoms with Gasteiger partial charge in [0.05, 0.1) is 16.4 Å². The van der Waals surface area contributed by atoms with Gasteiger partial charge in [0, 0.05) is 0 Å². The summed E-state index contributed by atoms with van der Waals surface area (Å²) in [7, 11) is 0. The van der Waals surface area contributed by atoms with Crippen LogP contribution in [0.2, 0.25) is 0 Å². The molecule has 0 saturated carbocycles. The molecule has 0 bridgehead atoms. The van der Waals surface area contributed by atoms with Crippen LogP contribution < -0.4 is 0 Å². The summed E-state index contributed by atoms with van der Waals surface area (Å²) in [6.45, 7) is 0. The summed E-state index contributed by atoms with van der Waals surface area (Å²) in [5, 5.41) is 5.87. The Bertz CT molecular complexity index is 3660. The van der Waals surface area contributed by atoms with E-state index in [2.05, 4.69) is 12.1 Å². The highest BCUT2D eigenvalue weighted by molar-refractivity contribution is 6.31. The van der Waals surface area contributed by atoms with Gasteiger partial charge in [0.15, 0.2) is 0 Å². The lowest BCUT2D eigenvalue weighted by Crippen LogP contribution is -2.06. The molecule has 0 nitrogen and oxygen atoms in total. The lowest BCUT2D eigenvalue weighted by molar-refractivity contribution is 0.687. The highest BCUT2D eigenvalue weighted by atomic mass is 14.3. The normalized spacial score (nSPS) is 16.3. The summed E-state index contributed by atoms with van der Waals surface area (Å²) < 4.78 is 112. The van der Waals surface area contributed by atoms with Gasteiger partial charge < -0.3 is 0 Å². The maximum absolute atomic E-state index is 10.4. The molecule has 0 heterocycles. The van der Waals surface area contributed by atoms with Gasteiger partial charge in [-0.15, -0.1) is 0 Å². The molecule has 10 aromatic carbocycles. The average molecular weight is 673 g/mol. The first-order valence-electron chi connectivity index (χ1n) is 23.8. The third-order valence-electron chi connectivity index (χ3n) is 10.9. The van der Waals surface area contributed by atoms with E-state index in [9.17, 15) is 9.60 Å². The van der Waals surface area contributed by atoms with Crippen LogP contribution >= 0.6 is 0 Å². The molecule has 0 radical (unpaired) electrons. The molecule has 1 aliphatic rings. The predicted molar refractivity (Wildman–Crippen MR) is 224 cm³/mol. The zero-order valence-corrected chi connectivity index (χ0v) is 28.1. The minimum atomic E-state index is -0.648. The zero-order chi connectivity index (χ0) is 44.6. The summed E-state index contributed by atoms with van der Waals surface area (Å²) in [6.07, 6.45) is 3.22. The molecule has 0 heteroatoms. The highest BCUT2D eigenvalue weighted by Crippen LogP contribution is 2.51. The third-order valence-corrected chi connectivity index (χ3v) is 10.9. The Hall–Kier alpha value is -6.24. The molecule has 1 aliphatic carbocycles. The Morgan fingerprint density at radius 3 is 1.96 bits per heavy atom. The summed E-state index contributed by atoms with van der Waals surface area (Å²) in [6, 6.07) is 25.5. The first-order chi connectivity index (χ1) is 30.8. The van der Waals surface area contributed by atoms with E-state index in [1.54, 1.807) is 0 Å². The topological polar surface area (TPSA) is 0 Å².